The van der Waals surface area contributed by atoms with Crippen molar-refractivity contribution >= 4 is 11.9 Å². The fourth-order valence-corrected chi connectivity index (χ4v) is 1.29. The molecule has 0 saturated heterocycles. The Morgan fingerprint density at radius 2 is 1.75 bits per heavy atom. The molecule has 6 heteroatoms. The first-order chi connectivity index (χ1) is 9.18. The molecule has 0 aliphatic carbocycles. The Hall–Kier alpha value is -1.40. The second-order valence-corrected chi connectivity index (χ2v) is 4.35. The molecule has 0 unspecified atom stereocenters. The van der Waals surface area contributed by atoms with Gasteiger partial charge in [0.1, 0.15) is 0 Å². The molecular weight excluding hydrogens is 264 g/mol. The van der Waals surface area contributed by atoms with Crippen LogP contribution in [-0.2, 0) is 19.1 Å². The third kappa shape index (κ3) is 7.25. The monoisotopic (exact) mass is 290 g/mol. The predicted molar refractivity (Wildman–Crippen MR) is 75.0 cm³/mol. The van der Waals surface area contributed by atoms with Gasteiger partial charge < -0.3 is 19.7 Å². The van der Waals surface area contributed by atoms with Crippen LogP contribution < -0.4 is 0 Å². The summed E-state index contributed by atoms with van der Waals surface area (Å²) in [5, 5.41) is 18.5. The van der Waals surface area contributed by atoms with Crippen LogP contribution in [0.25, 0.3) is 0 Å². The topological polar surface area (TPSA) is 93.1 Å². The third-order valence-electron chi connectivity index (χ3n) is 2.65. The maximum absolute atomic E-state index is 10.8. The molecular formula is C14H26O6. The van der Waals surface area contributed by atoms with E-state index in [4.69, 9.17) is 5.11 Å². The van der Waals surface area contributed by atoms with E-state index >= 15 is 0 Å². The van der Waals surface area contributed by atoms with Crippen LogP contribution >= 0.6 is 0 Å². The molecule has 2 N–H and O–H groups in total. The lowest BCUT2D eigenvalue weighted by atomic mass is 9.97. The average Bonchev–Trinajstić information content (AvgIpc) is 2.45. The van der Waals surface area contributed by atoms with Gasteiger partial charge in [-0.2, -0.15) is 0 Å². The lowest BCUT2D eigenvalue weighted by Crippen LogP contribution is -2.47. The minimum atomic E-state index is -1.79. The van der Waals surface area contributed by atoms with E-state index in [1.807, 2.05) is 13.0 Å². The molecule has 0 spiro atoms. The zero-order chi connectivity index (χ0) is 16.3. The largest absolute Gasteiger partial charge is 0.467 e. The molecule has 118 valence electrons. The van der Waals surface area contributed by atoms with Gasteiger partial charge in [0.25, 0.3) is 0 Å². The van der Waals surface area contributed by atoms with Gasteiger partial charge in [-0.25, -0.2) is 9.59 Å². The zero-order valence-electron chi connectivity index (χ0n) is 13.1. The van der Waals surface area contributed by atoms with Crippen molar-refractivity contribution in [2.45, 2.75) is 52.2 Å². The summed E-state index contributed by atoms with van der Waals surface area (Å²) in [6.07, 6.45) is 1.95. The Morgan fingerprint density at radius 1 is 1.25 bits per heavy atom. The first-order valence-corrected chi connectivity index (χ1v) is 6.42. The molecule has 2 atom stereocenters. The van der Waals surface area contributed by atoms with Gasteiger partial charge in [-0.15, -0.1) is 0 Å². The van der Waals surface area contributed by atoms with Crippen molar-refractivity contribution in [1.29, 1.82) is 0 Å². The van der Waals surface area contributed by atoms with Gasteiger partial charge in [0.05, 0.1) is 20.3 Å². The van der Waals surface area contributed by atoms with Crippen molar-refractivity contribution in [1.82, 2.24) is 0 Å². The van der Waals surface area contributed by atoms with E-state index in [0.717, 1.165) is 6.42 Å². The van der Waals surface area contributed by atoms with Gasteiger partial charge >= 0.3 is 11.9 Å². The predicted octanol–water partition coefficient (Wildman–Crippen LogP) is 1.20. The Bertz CT molecular complexity index is 333. The number of esters is 2. The summed E-state index contributed by atoms with van der Waals surface area (Å²) in [6, 6.07) is 0. The van der Waals surface area contributed by atoms with Gasteiger partial charge in [-0.3, -0.25) is 0 Å². The highest BCUT2D eigenvalue weighted by atomic mass is 16.5. The van der Waals surface area contributed by atoms with Crippen LogP contribution in [-0.4, -0.2) is 48.1 Å². The highest BCUT2D eigenvalue weighted by Gasteiger charge is 2.38. The number of hydrogen-bond acceptors (Lipinski definition) is 6. The number of allylic oxidation sites excluding steroid dienone is 1. The molecule has 0 aliphatic heterocycles. The van der Waals surface area contributed by atoms with E-state index in [0.29, 0.717) is 12.0 Å². The molecule has 0 rings (SSSR count). The Morgan fingerprint density at radius 3 is 2.05 bits per heavy atom. The quantitative estimate of drug-likeness (QED) is 0.584. The number of rotatable bonds is 5. The first-order valence-electron chi connectivity index (χ1n) is 6.42. The zero-order valence-corrected chi connectivity index (χ0v) is 13.1. The summed E-state index contributed by atoms with van der Waals surface area (Å²) in [5.41, 5.74) is -1.11. The van der Waals surface area contributed by atoms with Crippen LogP contribution in [0.2, 0.25) is 0 Å². The average molecular weight is 290 g/mol. The van der Waals surface area contributed by atoms with E-state index in [1.54, 1.807) is 13.8 Å². The van der Waals surface area contributed by atoms with E-state index in [2.05, 4.69) is 9.47 Å². The lowest BCUT2D eigenvalue weighted by molar-refractivity contribution is -0.172. The minimum absolute atomic E-state index is 0.239. The minimum Gasteiger partial charge on any atom is -0.467 e. The van der Waals surface area contributed by atoms with E-state index in [9.17, 15) is 14.7 Å². The van der Waals surface area contributed by atoms with Crippen molar-refractivity contribution in [3.8, 4) is 0 Å². The second kappa shape index (κ2) is 10.4. The van der Waals surface area contributed by atoms with Crippen molar-refractivity contribution in [2.24, 2.45) is 0 Å². The van der Waals surface area contributed by atoms with Crippen LogP contribution in [0, 0.1) is 0 Å². The molecule has 0 aromatic heterocycles. The van der Waals surface area contributed by atoms with Crippen LogP contribution in [0.5, 0.6) is 0 Å². The van der Waals surface area contributed by atoms with Crippen molar-refractivity contribution in [3.05, 3.63) is 11.6 Å². The number of carbonyl (C=O) groups excluding carboxylic acids is 2. The normalized spacial score (nSPS) is 15.3. The number of hydrogen-bond donors (Lipinski definition) is 2. The van der Waals surface area contributed by atoms with Crippen LogP contribution in [0.1, 0.15) is 40.5 Å². The molecule has 0 amide bonds. The van der Waals surface area contributed by atoms with Crippen molar-refractivity contribution < 1.29 is 29.3 Å². The van der Waals surface area contributed by atoms with E-state index in [1.165, 1.54) is 21.1 Å². The molecule has 0 bridgehead atoms. The van der Waals surface area contributed by atoms with Crippen LogP contribution in [0.4, 0.5) is 0 Å². The second-order valence-electron chi connectivity index (χ2n) is 4.35. The van der Waals surface area contributed by atoms with Gasteiger partial charge in [0, 0.05) is 5.57 Å². The van der Waals surface area contributed by atoms with Gasteiger partial charge in [-0.1, -0.05) is 19.9 Å². The molecule has 6 nitrogen and oxygen atoms in total. The summed E-state index contributed by atoms with van der Waals surface area (Å²) in [5.74, 6) is -1.05. The van der Waals surface area contributed by atoms with Crippen LogP contribution in [0.3, 0.4) is 0 Å². The Balaban J connectivity index is 0. The highest BCUT2D eigenvalue weighted by Crippen LogP contribution is 2.14. The third-order valence-corrected chi connectivity index (χ3v) is 2.65. The number of aliphatic hydroxyl groups is 2. The van der Waals surface area contributed by atoms with Gasteiger partial charge in [-0.05, 0) is 26.7 Å². The molecule has 20 heavy (non-hydrogen) atoms. The Labute approximate surface area is 120 Å². The Kier molecular flexibility index (Phi) is 10.9. The SMILES string of the molecule is CC/C=C(\C)C(=O)OC.CC[C@@H](O)[C@](C)(O)C(=O)OC. The first kappa shape index (κ1) is 20.9. The molecule has 0 aromatic rings. The summed E-state index contributed by atoms with van der Waals surface area (Å²) in [7, 11) is 2.55. The van der Waals surface area contributed by atoms with Gasteiger partial charge in [0.2, 0.25) is 0 Å². The summed E-state index contributed by atoms with van der Waals surface area (Å²) in [6.45, 7) is 6.62. The lowest BCUT2D eigenvalue weighted by Gasteiger charge is -2.24. The van der Waals surface area contributed by atoms with Crippen LogP contribution in [0.15, 0.2) is 11.6 Å². The standard InChI is InChI=1S/C7H14O4.C7H12O2/c1-4-5(8)7(2,10)6(9)11-3;1-4-5-6(2)7(8)9-3/h5,8,10H,4H2,1-3H3;5H,4H2,1-3H3/b;6-5+/t5-,7+;/m1./s1. The maximum Gasteiger partial charge on any atom is 0.340 e. The molecule has 0 radical (unpaired) electrons. The highest BCUT2D eigenvalue weighted by molar-refractivity contribution is 5.87. The smallest absolute Gasteiger partial charge is 0.340 e. The fourth-order valence-electron chi connectivity index (χ4n) is 1.29. The maximum atomic E-state index is 10.8. The number of methoxy groups -OCH3 is 2. The number of carbonyl (C=O) groups is 2. The van der Waals surface area contributed by atoms with Crippen molar-refractivity contribution in [3.63, 3.8) is 0 Å². The van der Waals surface area contributed by atoms with E-state index in [-0.39, 0.29) is 5.97 Å². The van der Waals surface area contributed by atoms with E-state index < -0.39 is 17.7 Å². The molecule has 0 aromatic carbocycles. The molecule has 0 heterocycles. The van der Waals surface area contributed by atoms with Crippen molar-refractivity contribution in [2.75, 3.05) is 14.2 Å². The summed E-state index contributed by atoms with van der Waals surface area (Å²) in [4.78, 5) is 21.4. The molecule has 0 fully saturated rings. The number of aliphatic hydroxyl groups excluding tert-OH is 1. The summed E-state index contributed by atoms with van der Waals surface area (Å²) < 4.78 is 8.75. The molecule has 0 saturated carbocycles. The fraction of sp³-hybridized carbons (Fsp3) is 0.714. The molecule has 0 aliphatic rings. The summed E-state index contributed by atoms with van der Waals surface area (Å²) >= 11 is 0. The van der Waals surface area contributed by atoms with Gasteiger partial charge in [0.15, 0.2) is 5.60 Å². The number of ether oxygens (including phenoxy) is 2.